The molecule has 1 atom stereocenters. The van der Waals surface area contributed by atoms with Gasteiger partial charge in [0.15, 0.2) is 5.16 Å². The predicted octanol–water partition coefficient (Wildman–Crippen LogP) is 4.32. The fourth-order valence-corrected chi connectivity index (χ4v) is 4.14. The Hall–Kier alpha value is -2.06. The molecule has 1 N–H and O–H groups in total. The van der Waals surface area contributed by atoms with Gasteiger partial charge in [-0.3, -0.25) is 14.2 Å². The molecule has 0 saturated carbocycles. The monoisotopic (exact) mass is 465 g/mol. The Labute approximate surface area is 188 Å². The number of carbonyl (C=O) groups excluding carboxylic acids is 1. The molecule has 2 aromatic carbocycles. The third-order valence-corrected chi connectivity index (χ3v) is 5.91. The van der Waals surface area contributed by atoms with Crippen LogP contribution in [0.15, 0.2) is 52.4 Å². The first kappa shape index (κ1) is 22.6. The molecular weight excluding hydrogens is 445 g/mol. The Morgan fingerprint density at radius 2 is 2.00 bits per heavy atom. The second-order valence-corrected chi connectivity index (χ2v) is 8.45. The highest BCUT2D eigenvalue weighted by atomic mass is 35.5. The molecule has 158 valence electrons. The van der Waals surface area contributed by atoms with Gasteiger partial charge in [-0.2, -0.15) is 0 Å². The zero-order valence-electron chi connectivity index (χ0n) is 16.5. The van der Waals surface area contributed by atoms with E-state index in [-0.39, 0.29) is 23.3 Å². The zero-order valence-corrected chi connectivity index (χ0v) is 18.9. The maximum Gasteiger partial charge on any atom is 0.262 e. The fraction of sp³-hybridized carbons (Fsp3) is 0.286. The number of benzene rings is 2. The number of nitrogens with zero attached hydrogens (tertiary/aromatic N) is 2. The number of methoxy groups -OCH3 is 1. The summed E-state index contributed by atoms with van der Waals surface area (Å²) >= 11 is 13.3. The Balaban J connectivity index is 1.78. The van der Waals surface area contributed by atoms with Crippen LogP contribution in [-0.2, 0) is 16.1 Å². The highest BCUT2D eigenvalue weighted by Crippen LogP contribution is 2.21. The summed E-state index contributed by atoms with van der Waals surface area (Å²) in [5.41, 5.74) is 1.22. The fourth-order valence-electron chi connectivity index (χ4n) is 2.94. The third kappa shape index (κ3) is 5.55. The maximum absolute atomic E-state index is 12.9. The van der Waals surface area contributed by atoms with Crippen LogP contribution in [0.1, 0.15) is 18.5 Å². The molecule has 3 aromatic rings. The number of amides is 1. The van der Waals surface area contributed by atoms with Crippen molar-refractivity contribution in [3.63, 3.8) is 0 Å². The minimum absolute atomic E-state index is 0.108. The lowest BCUT2D eigenvalue weighted by Crippen LogP contribution is -2.29. The van der Waals surface area contributed by atoms with Gasteiger partial charge in [-0.25, -0.2) is 4.98 Å². The van der Waals surface area contributed by atoms with Crippen molar-refractivity contribution in [1.29, 1.82) is 0 Å². The number of nitrogens with one attached hydrogen (secondary N) is 1. The number of aromatic nitrogens is 2. The summed E-state index contributed by atoms with van der Waals surface area (Å²) in [6, 6.07) is 12.1. The van der Waals surface area contributed by atoms with Gasteiger partial charge in [-0.05, 0) is 42.8 Å². The van der Waals surface area contributed by atoms with E-state index < -0.39 is 0 Å². The number of thioether (sulfide) groups is 1. The average molecular weight is 466 g/mol. The molecule has 0 radical (unpaired) electrons. The SMILES string of the molecule is COCCn1c(SCC(=O)NC(C)c2cccc(Cl)c2)nc2cc(Cl)ccc2c1=O. The van der Waals surface area contributed by atoms with E-state index in [4.69, 9.17) is 27.9 Å². The van der Waals surface area contributed by atoms with Crippen LogP contribution in [0.5, 0.6) is 0 Å². The van der Waals surface area contributed by atoms with E-state index in [0.29, 0.717) is 39.3 Å². The van der Waals surface area contributed by atoms with Crippen LogP contribution in [-0.4, -0.2) is 34.9 Å². The average Bonchev–Trinajstić information content (AvgIpc) is 2.71. The molecular formula is C21H21Cl2N3O3S. The van der Waals surface area contributed by atoms with Crippen molar-refractivity contribution in [2.45, 2.75) is 24.7 Å². The molecule has 1 unspecified atom stereocenters. The number of fused-ring (bicyclic) bond motifs is 1. The highest BCUT2D eigenvalue weighted by molar-refractivity contribution is 7.99. The van der Waals surface area contributed by atoms with Gasteiger partial charge in [0, 0.05) is 17.2 Å². The molecule has 0 aliphatic heterocycles. The largest absolute Gasteiger partial charge is 0.383 e. The summed E-state index contributed by atoms with van der Waals surface area (Å²) in [6.07, 6.45) is 0. The highest BCUT2D eigenvalue weighted by Gasteiger charge is 2.15. The van der Waals surface area contributed by atoms with Crippen molar-refractivity contribution >= 4 is 51.8 Å². The Morgan fingerprint density at radius 3 is 2.73 bits per heavy atom. The quantitative estimate of drug-likeness (QED) is 0.396. The topological polar surface area (TPSA) is 73.2 Å². The lowest BCUT2D eigenvalue weighted by Gasteiger charge is -2.16. The molecule has 0 fully saturated rings. The van der Waals surface area contributed by atoms with Crippen LogP contribution < -0.4 is 10.9 Å². The van der Waals surface area contributed by atoms with E-state index in [1.54, 1.807) is 31.4 Å². The minimum atomic E-state index is -0.198. The Bertz CT molecular complexity index is 1120. The number of hydrogen-bond acceptors (Lipinski definition) is 5. The number of ether oxygens (including phenoxy) is 1. The van der Waals surface area contributed by atoms with Crippen LogP contribution in [0.4, 0.5) is 0 Å². The third-order valence-electron chi connectivity index (χ3n) is 4.46. The molecule has 1 aromatic heterocycles. The van der Waals surface area contributed by atoms with E-state index in [1.807, 2.05) is 25.1 Å². The van der Waals surface area contributed by atoms with Crippen molar-refractivity contribution < 1.29 is 9.53 Å². The Kier molecular flexibility index (Phi) is 7.77. The van der Waals surface area contributed by atoms with Gasteiger partial charge in [0.1, 0.15) is 0 Å². The number of rotatable bonds is 8. The standard InChI is InChI=1S/C21H21Cl2N3O3S/c1-13(14-4-3-5-15(22)10-14)24-19(27)12-30-21-25-18-11-16(23)6-7-17(18)20(28)26(21)8-9-29-2/h3-7,10-11,13H,8-9,12H2,1-2H3,(H,24,27). The zero-order chi connectivity index (χ0) is 21.7. The van der Waals surface area contributed by atoms with E-state index in [0.717, 1.165) is 5.56 Å². The van der Waals surface area contributed by atoms with Crippen molar-refractivity contribution in [2.75, 3.05) is 19.5 Å². The first-order valence-corrected chi connectivity index (χ1v) is 11.0. The van der Waals surface area contributed by atoms with Crippen LogP contribution in [0, 0.1) is 0 Å². The van der Waals surface area contributed by atoms with Crippen LogP contribution >= 0.6 is 35.0 Å². The molecule has 1 amide bonds. The van der Waals surface area contributed by atoms with Crippen molar-refractivity contribution in [1.82, 2.24) is 14.9 Å². The van der Waals surface area contributed by atoms with Gasteiger partial charge in [0.2, 0.25) is 5.91 Å². The molecule has 0 aliphatic rings. The summed E-state index contributed by atoms with van der Waals surface area (Å²) in [4.78, 5) is 29.9. The summed E-state index contributed by atoms with van der Waals surface area (Å²) in [6.45, 7) is 2.58. The molecule has 0 bridgehead atoms. The summed E-state index contributed by atoms with van der Waals surface area (Å²) in [5.74, 6) is -0.0673. The molecule has 0 saturated heterocycles. The summed E-state index contributed by atoms with van der Waals surface area (Å²) in [5, 5.41) is 4.96. The number of carbonyl (C=O) groups is 1. The maximum atomic E-state index is 12.9. The predicted molar refractivity (Wildman–Crippen MR) is 122 cm³/mol. The second-order valence-electron chi connectivity index (χ2n) is 6.64. The van der Waals surface area contributed by atoms with E-state index in [2.05, 4.69) is 10.3 Å². The van der Waals surface area contributed by atoms with Gasteiger partial charge in [0.05, 0.1) is 35.8 Å². The first-order valence-electron chi connectivity index (χ1n) is 9.25. The van der Waals surface area contributed by atoms with Gasteiger partial charge in [-0.1, -0.05) is 47.1 Å². The van der Waals surface area contributed by atoms with E-state index >= 15 is 0 Å². The van der Waals surface area contributed by atoms with Crippen LogP contribution in [0.2, 0.25) is 10.0 Å². The smallest absolute Gasteiger partial charge is 0.262 e. The number of hydrogen-bond donors (Lipinski definition) is 1. The van der Waals surface area contributed by atoms with Crippen molar-refractivity contribution in [3.8, 4) is 0 Å². The van der Waals surface area contributed by atoms with Gasteiger partial charge < -0.3 is 10.1 Å². The van der Waals surface area contributed by atoms with Crippen molar-refractivity contribution in [2.24, 2.45) is 0 Å². The molecule has 0 spiro atoms. The van der Waals surface area contributed by atoms with Gasteiger partial charge >= 0.3 is 0 Å². The van der Waals surface area contributed by atoms with Crippen LogP contribution in [0.3, 0.4) is 0 Å². The van der Waals surface area contributed by atoms with Gasteiger partial charge in [0.25, 0.3) is 5.56 Å². The molecule has 1 heterocycles. The normalized spacial score (nSPS) is 12.1. The molecule has 0 aliphatic carbocycles. The lowest BCUT2D eigenvalue weighted by molar-refractivity contribution is -0.119. The first-order chi connectivity index (χ1) is 14.4. The second kappa shape index (κ2) is 10.3. The number of halogens is 2. The molecule has 30 heavy (non-hydrogen) atoms. The molecule has 6 nitrogen and oxygen atoms in total. The van der Waals surface area contributed by atoms with Crippen molar-refractivity contribution in [3.05, 3.63) is 68.4 Å². The molecule has 9 heteroatoms. The Morgan fingerprint density at radius 1 is 1.23 bits per heavy atom. The summed E-state index contributed by atoms with van der Waals surface area (Å²) < 4.78 is 6.64. The van der Waals surface area contributed by atoms with E-state index in [9.17, 15) is 9.59 Å². The summed E-state index contributed by atoms with van der Waals surface area (Å²) in [7, 11) is 1.57. The van der Waals surface area contributed by atoms with Gasteiger partial charge in [-0.15, -0.1) is 0 Å². The minimum Gasteiger partial charge on any atom is -0.383 e. The molecule has 3 rings (SSSR count). The lowest BCUT2D eigenvalue weighted by atomic mass is 10.1. The van der Waals surface area contributed by atoms with Crippen LogP contribution in [0.25, 0.3) is 10.9 Å². The van der Waals surface area contributed by atoms with E-state index in [1.165, 1.54) is 16.3 Å².